The van der Waals surface area contributed by atoms with Crippen molar-refractivity contribution in [3.05, 3.63) is 29.0 Å². The van der Waals surface area contributed by atoms with Crippen molar-refractivity contribution < 1.29 is 33.1 Å². The Morgan fingerprint density at radius 3 is 2.13 bits per heavy atom. The molecule has 0 aliphatic carbocycles. The van der Waals surface area contributed by atoms with Gasteiger partial charge in [0.05, 0.1) is 0 Å². The third-order valence-corrected chi connectivity index (χ3v) is 2.40. The van der Waals surface area contributed by atoms with Gasteiger partial charge in [-0.2, -0.15) is 0 Å². The summed E-state index contributed by atoms with van der Waals surface area (Å²) in [4.78, 5) is 0. The largest absolute Gasteiger partial charge is 1.00 e. The molecule has 0 aromatic carbocycles. The summed E-state index contributed by atoms with van der Waals surface area (Å²) < 4.78 is 13.1. The molecule has 1 aliphatic rings. The zero-order chi connectivity index (χ0) is 9.97. The lowest BCUT2D eigenvalue weighted by Crippen LogP contribution is -3.00. The van der Waals surface area contributed by atoms with Crippen LogP contribution in [0.5, 0.6) is 0 Å². The van der Waals surface area contributed by atoms with Crippen LogP contribution in [0.2, 0.25) is 0 Å². The summed E-state index contributed by atoms with van der Waals surface area (Å²) in [7, 11) is 0. The lowest BCUT2D eigenvalue weighted by atomic mass is 10.3. The number of rotatable bonds is 0. The van der Waals surface area contributed by atoms with Gasteiger partial charge in [0.15, 0.2) is 13.1 Å². The predicted octanol–water partition coefficient (Wildman–Crippen LogP) is -2.30. The monoisotopic (exact) mass is 321 g/mol. The molecule has 0 bridgehead atoms. The van der Waals surface area contributed by atoms with E-state index in [0.29, 0.717) is 0 Å². The second-order valence-electron chi connectivity index (χ2n) is 3.64. The van der Waals surface area contributed by atoms with E-state index in [1.54, 1.807) is 0 Å². The van der Waals surface area contributed by atoms with Gasteiger partial charge in [0, 0.05) is 12.1 Å². The fraction of sp³-hybridized carbons (Fsp3) is 0.545. The maximum Gasteiger partial charge on any atom is 0.206 e. The molecule has 2 heterocycles. The molecule has 15 heavy (non-hydrogen) atoms. The van der Waals surface area contributed by atoms with E-state index in [9.17, 15) is 0 Å². The number of ether oxygens (including phenoxy) is 1. The lowest BCUT2D eigenvalue weighted by molar-refractivity contribution is -0.00000458. The molecule has 0 N–H and O–H groups in total. The van der Waals surface area contributed by atoms with Gasteiger partial charge in [-0.25, -0.2) is 4.58 Å². The Morgan fingerprint density at radius 2 is 1.60 bits per heavy atom. The van der Waals surface area contributed by atoms with Gasteiger partial charge in [-0.05, 0) is 13.8 Å². The maximum absolute atomic E-state index is 5.45. The number of hydrogen-bond donors (Lipinski definition) is 0. The van der Waals surface area contributed by atoms with Crippen LogP contribution in [0.15, 0.2) is 16.5 Å². The van der Waals surface area contributed by atoms with E-state index in [-0.39, 0.29) is 24.0 Å². The molecule has 0 spiro atoms. The Balaban J connectivity index is 0.00000112. The molecule has 0 unspecified atom stereocenters. The Kier molecular flexibility index (Phi) is 4.79. The molecule has 1 aromatic rings. The van der Waals surface area contributed by atoms with Crippen molar-refractivity contribution >= 4 is 0 Å². The highest BCUT2D eigenvalue weighted by atomic mass is 127. The molecule has 0 radical (unpaired) electrons. The minimum absolute atomic E-state index is 0. The highest BCUT2D eigenvalue weighted by Crippen LogP contribution is 1.97. The van der Waals surface area contributed by atoms with E-state index in [4.69, 9.17) is 9.15 Å². The number of nitrogens with zero attached hydrogens (tertiary/aromatic N) is 1. The first kappa shape index (κ1) is 12.7. The Labute approximate surface area is 107 Å². The van der Waals surface area contributed by atoms with Crippen LogP contribution in [0, 0.1) is 13.8 Å². The molecule has 3 nitrogen and oxygen atoms in total. The van der Waals surface area contributed by atoms with Crippen LogP contribution in [-0.2, 0) is 4.74 Å². The van der Waals surface area contributed by atoms with Gasteiger partial charge in [-0.1, -0.05) is 0 Å². The Bertz CT molecular complexity index is 367. The summed E-state index contributed by atoms with van der Waals surface area (Å²) >= 11 is 0. The number of hydrogen-bond acceptors (Lipinski definition) is 2. The van der Waals surface area contributed by atoms with E-state index in [2.05, 4.69) is 16.7 Å². The van der Waals surface area contributed by atoms with Crippen molar-refractivity contribution in [1.82, 2.24) is 4.58 Å². The molecular weight excluding hydrogens is 305 g/mol. The summed E-state index contributed by atoms with van der Waals surface area (Å²) in [5.74, 6) is 1.93. The first-order valence-corrected chi connectivity index (χ1v) is 5.00. The van der Waals surface area contributed by atoms with Gasteiger partial charge in [0.2, 0.25) is 5.36 Å². The summed E-state index contributed by atoms with van der Waals surface area (Å²) in [5.41, 5.74) is 0. The number of aryl methyl sites for hydroxylation is 2. The number of morpholine rings is 1. The lowest BCUT2D eigenvalue weighted by Gasteiger charge is -2.10. The van der Waals surface area contributed by atoms with Gasteiger partial charge in [0.1, 0.15) is 24.7 Å². The van der Waals surface area contributed by atoms with Crippen molar-refractivity contribution in [2.75, 3.05) is 26.3 Å². The third-order valence-electron chi connectivity index (χ3n) is 2.40. The molecule has 0 amide bonds. The van der Waals surface area contributed by atoms with Gasteiger partial charge in [0.25, 0.3) is 0 Å². The second kappa shape index (κ2) is 5.65. The Hall–Kier alpha value is -0.360. The van der Waals surface area contributed by atoms with Crippen molar-refractivity contribution in [2.45, 2.75) is 13.8 Å². The normalized spacial score (nSPS) is 16.0. The minimum atomic E-state index is 0. The van der Waals surface area contributed by atoms with Crippen LogP contribution in [-0.4, -0.2) is 26.3 Å². The highest BCUT2D eigenvalue weighted by molar-refractivity contribution is 5.03. The van der Waals surface area contributed by atoms with Crippen molar-refractivity contribution in [3.63, 3.8) is 0 Å². The van der Waals surface area contributed by atoms with Crippen LogP contribution >= 0.6 is 0 Å². The predicted molar refractivity (Wildman–Crippen MR) is 54.0 cm³/mol. The summed E-state index contributed by atoms with van der Waals surface area (Å²) in [5, 5.41) is 1.24. The molecule has 4 heteroatoms. The third kappa shape index (κ3) is 3.31. The average molecular weight is 321 g/mol. The average Bonchev–Trinajstić information content (AvgIpc) is 2.18. The molecule has 1 saturated heterocycles. The molecule has 1 fully saturated rings. The first-order chi connectivity index (χ1) is 6.75. The molecule has 0 atom stereocenters. The van der Waals surface area contributed by atoms with E-state index in [0.717, 1.165) is 37.8 Å². The van der Waals surface area contributed by atoms with E-state index >= 15 is 0 Å². The molecule has 2 rings (SSSR count). The molecule has 84 valence electrons. The van der Waals surface area contributed by atoms with Gasteiger partial charge >= 0.3 is 0 Å². The van der Waals surface area contributed by atoms with Crippen LogP contribution in [0.25, 0.3) is 0 Å². The maximum atomic E-state index is 5.45. The van der Waals surface area contributed by atoms with E-state index in [1.165, 1.54) is 5.36 Å². The van der Waals surface area contributed by atoms with Crippen molar-refractivity contribution in [3.8, 4) is 0 Å². The quantitative estimate of drug-likeness (QED) is 0.397. The molecule has 0 saturated carbocycles. The molecule has 1 aliphatic heterocycles. The zero-order valence-corrected chi connectivity index (χ0v) is 11.3. The van der Waals surface area contributed by atoms with Gasteiger partial charge < -0.3 is 33.1 Å². The summed E-state index contributed by atoms with van der Waals surface area (Å²) in [6, 6.07) is 4.16. The zero-order valence-electron chi connectivity index (χ0n) is 9.12. The van der Waals surface area contributed by atoms with Crippen LogP contribution in [0.4, 0.5) is 0 Å². The topological polar surface area (TPSA) is 25.4 Å². The summed E-state index contributed by atoms with van der Waals surface area (Å²) in [6.45, 7) is 7.56. The molecular formula is C11H16INO2. The first-order valence-electron chi connectivity index (χ1n) is 5.00. The standard InChI is InChI=1S/C11H16NO2.HI/c1-9-7-11(8-10(2)14-9)12-3-5-13-6-4-12;/h7-8H,3-6H2,1-2H3;1H/q+1;/p-1. The minimum Gasteiger partial charge on any atom is -1.00 e. The van der Waals surface area contributed by atoms with Gasteiger partial charge in [-0.3, -0.25) is 0 Å². The Morgan fingerprint density at radius 1 is 1.07 bits per heavy atom. The SMILES string of the molecule is Cc1cc(=[N+]2CCOCC2)cc(C)o1.[I-]. The second-order valence-corrected chi connectivity index (χ2v) is 3.64. The van der Waals surface area contributed by atoms with Crippen LogP contribution < -0.4 is 33.9 Å². The van der Waals surface area contributed by atoms with Crippen LogP contribution in [0.1, 0.15) is 11.5 Å². The molecule has 1 aromatic heterocycles. The summed E-state index contributed by atoms with van der Waals surface area (Å²) in [6.07, 6.45) is 0. The van der Waals surface area contributed by atoms with Crippen molar-refractivity contribution in [2.24, 2.45) is 0 Å². The highest BCUT2D eigenvalue weighted by Gasteiger charge is 2.12. The number of halogens is 1. The fourth-order valence-electron chi connectivity index (χ4n) is 1.78. The smallest absolute Gasteiger partial charge is 0.206 e. The van der Waals surface area contributed by atoms with Crippen LogP contribution in [0.3, 0.4) is 0 Å². The van der Waals surface area contributed by atoms with Crippen molar-refractivity contribution in [1.29, 1.82) is 0 Å². The van der Waals surface area contributed by atoms with E-state index in [1.807, 2.05) is 13.8 Å². The van der Waals surface area contributed by atoms with Gasteiger partial charge in [-0.15, -0.1) is 0 Å². The van der Waals surface area contributed by atoms with E-state index < -0.39 is 0 Å². The fourth-order valence-corrected chi connectivity index (χ4v) is 1.78.